The van der Waals surface area contributed by atoms with E-state index in [1.54, 1.807) is 30.3 Å². The van der Waals surface area contributed by atoms with Crippen molar-refractivity contribution in [2.75, 3.05) is 10.2 Å². The van der Waals surface area contributed by atoms with Gasteiger partial charge in [0.05, 0.1) is 16.8 Å². The van der Waals surface area contributed by atoms with Crippen molar-refractivity contribution < 1.29 is 14.4 Å². The minimum absolute atomic E-state index is 0.170. The summed E-state index contributed by atoms with van der Waals surface area (Å²) in [4.78, 5) is 45.8. The molecule has 5 nitrogen and oxygen atoms in total. The number of nitrogens with zero attached hydrogens (tertiary/aromatic N) is 1. The van der Waals surface area contributed by atoms with Gasteiger partial charge in [-0.2, -0.15) is 0 Å². The number of hydrogen-bond acceptors (Lipinski definition) is 5. The zero-order valence-corrected chi connectivity index (χ0v) is 21.6. The predicted octanol–water partition coefficient (Wildman–Crippen LogP) is 6.26. The number of thiophene rings is 1. The number of anilines is 2. The Hall–Kier alpha value is -4.00. The lowest BCUT2D eigenvalue weighted by molar-refractivity contribution is -0.121. The van der Waals surface area contributed by atoms with Crippen LogP contribution in [0, 0.1) is 5.92 Å². The van der Waals surface area contributed by atoms with Crippen LogP contribution < -0.4 is 10.2 Å². The molecule has 1 aromatic heterocycles. The summed E-state index contributed by atoms with van der Waals surface area (Å²) in [6.07, 6.45) is 3.97. The van der Waals surface area contributed by atoms with Gasteiger partial charge in [-0.25, -0.2) is 0 Å². The number of halogens is 1. The van der Waals surface area contributed by atoms with Crippen LogP contribution in [0.1, 0.15) is 31.2 Å². The number of rotatable bonds is 4. The zero-order valence-electron chi connectivity index (χ0n) is 20.0. The van der Waals surface area contributed by atoms with Gasteiger partial charge in [0.1, 0.15) is 11.5 Å². The maximum Gasteiger partial charge on any atom is 0.238 e. The predicted molar refractivity (Wildman–Crippen MR) is 150 cm³/mol. The molecule has 4 atom stereocenters. The highest BCUT2D eigenvalue weighted by Crippen LogP contribution is 2.58. The molecule has 186 valence electrons. The van der Waals surface area contributed by atoms with Gasteiger partial charge in [-0.05, 0) is 59.0 Å². The van der Waals surface area contributed by atoms with Crippen LogP contribution in [0.25, 0.3) is 6.08 Å². The standard InChI is InChI=1S/C31H21ClN2O3S/c32-20-14-11-19(12-15-20)28(35)26-27(29(36)24-10-5-17-38-24)34-23-9-4-1-6-18(23)13-16-25(34)31(26)21-7-2-3-8-22(21)33-30(31)37/h1-17,25-27H,(H,33,37)/t25-,26+,27+,31-/m1/s1. The minimum atomic E-state index is -1.31. The van der Waals surface area contributed by atoms with E-state index in [4.69, 9.17) is 11.6 Å². The fraction of sp³-hybridized carbons (Fsp3) is 0.129. The first-order valence-electron chi connectivity index (χ1n) is 12.4. The van der Waals surface area contributed by atoms with Crippen LogP contribution in [-0.4, -0.2) is 29.6 Å². The van der Waals surface area contributed by atoms with Crippen molar-refractivity contribution in [1.29, 1.82) is 0 Å². The molecule has 0 aliphatic carbocycles. The third-order valence-electron chi connectivity index (χ3n) is 7.99. The summed E-state index contributed by atoms with van der Waals surface area (Å²) in [5.41, 5.74) is 2.28. The van der Waals surface area contributed by atoms with Crippen LogP contribution in [0.15, 0.2) is 96.4 Å². The number of benzene rings is 3. The van der Waals surface area contributed by atoms with E-state index in [0.29, 0.717) is 21.2 Å². The van der Waals surface area contributed by atoms with E-state index in [1.165, 1.54) is 11.3 Å². The number of nitrogens with one attached hydrogen (secondary N) is 1. The lowest BCUT2D eigenvalue weighted by Gasteiger charge is -2.37. The van der Waals surface area contributed by atoms with Gasteiger partial charge in [0.25, 0.3) is 0 Å². The summed E-state index contributed by atoms with van der Waals surface area (Å²) in [6.45, 7) is 0. The fourth-order valence-electron chi connectivity index (χ4n) is 6.48. The molecule has 3 aliphatic rings. The van der Waals surface area contributed by atoms with E-state index in [0.717, 1.165) is 16.8 Å². The van der Waals surface area contributed by atoms with Crippen molar-refractivity contribution in [2.45, 2.75) is 17.5 Å². The number of ketones is 2. The van der Waals surface area contributed by atoms with Gasteiger partial charge >= 0.3 is 0 Å². The first-order chi connectivity index (χ1) is 18.5. The van der Waals surface area contributed by atoms with Crippen LogP contribution in [0.4, 0.5) is 11.4 Å². The summed E-state index contributed by atoms with van der Waals surface area (Å²) in [5.74, 6) is -1.69. The van der Waals surface area contributed by atoms with Gasteiger partial charge in [-0.1, -0.05) is 66.2 Å². The smallest absolute Gasteiger partial charge is 0.238 e. The Labute approximate surface area is 228 Å². The second-order valence-corrected chi connectivity index (χ2v) is 11.2. The van der Waals surface area contributed by atoms with Crippen molar-refractivity contribution in [1.82, 2.24) is 0 Å². The van der Waals surface area contributed by atoms with E-state index in [-0.39, 0.29) is 17.5 Å². The highest BCUT2D eigenvalue weighted by molar-refractivity contribution is 7.12. The third kappa shape index (κ3) is 3.08. The molecule has 7 rings (SSSR count). The van der Waals surface area contributed by atoms with E-state index in [1.807, 2.05) is 77.0 Å². The lowest BCUT2D eigenvalue weighted by Crippen LogP contribution is -2.51. The largest absolute Gasteiger partial charge is 0.352 e. The van der Waals surface area contributed by atoms with Gasteiger partial charge in [-0.15, -0.1) is 11.3 Å². The Bertz CT molecular complexity index is 1650. The molecule has 0 bridgehead atoms. The van der Waals surface area contributed by atoms with Crippen molar-refractivity contribution >= 4 is 57.9 Å². The number of para-hydroxylation sites is 2. The maximum atomic E-state index is 14.6. The van der Waals surface area contributed by atoms with Gasteiger partial charge in [0.15, 0.2) is 11.6 Å². The summed E-state index contributed by atoms with van der Waals surface area (Å²) < 4.78 is 0. The van der Waals surface area contributed by atoms with E-state index >= 15 is 0 Å². The number of carbonyl (C=O) groups is 3. The molecular formula is C31H21ClN2O3S. The Morgan fingerprint density at radius 2 is 1.66 bits per heavy atom. The minimum Gasteiger partial charge on any atom is -0.352 e. The van der Waals surface area contributed by atoms with E-state index in [2.05, 4.69) is 5.32 Å². The molecule has 0 unspecified atom stereocenters. The number of carbonyl (C=O) groups excluding carboxylic acids is 3. The summed E-state index contributed by atoms with van der Waals surface area (Å²) in [5, 5.41) is 5.41. The monoisotopic (exact) mass is 536 g/mol. The third-order valence-corrected chi connectivity index (χ3v) is 9.12. The maximum absolute atomic E-state index is 14.6. The van der Waals surface area contributed by atoms with Crippen LogP contribution in [0.5, 0.6) is 0 Å². The van der Waals surface area contributed by atoms with Crippen LogP contribution >= 0.6 is 22.9 Å². The number of hydrogen-bond donors (Lipinski definition) is 1. The molecule has 4 aromatic rings. The lowest BCUT2D eigenvalue weighted by atomic mass is 9.64. The van der Waals surface area contributed by atoms with Crippen LogP contribution in [-0.2, 0) is 10.2 Å². The molecule has 0 radical (unpaired) electrons. The van der Waals surface area contributed by atoms with Crippen LogP contribution in [0.3, 0.4) is 0 Å². The Balaban J connectivity index is 1.54. The first kappa shape index (κ1) is 23.1. The highest BCUT2D eigenvalue weighted by atomic mass is 35.5. The molecule has 1 N–H and O–H groups in total. The molecule has 0 saturated carbocycles. The topological polar surface area (TPSA) is 66.5 Å². The number of fused-ring (bicyclic) bond motifs is 6. The number of amides is 1. The average Bonchev–Trinajstić information content (AvgIpc) is 3.65. The van der Waals surface area contributed by atoms with E-state index in [9.17, 15) is 14.4 Å². The molecule has 1 amide bonds. The van der Waals surface area contributed by atoms with Crippen molar-refractivity contribution in [3.05, 3.63) is 123 Å². The number of Topliss-reactive ketones (excluding diaryl/α,β-unsaturated/α-hetero) is 2. The Kier molecular flexibility index (Phi) is 5.18. The quantitative estimate of drug-likeness (QED) is 0.313. The molecular weight excluding hydrogens is 516 g/mol. The summed E-state index contributed by atoms with van der Waals surface area (Å²) >= 11 is 7.49. The molecule has 1 fully saturated rings. The second kappa shape index (κ2) is 8.51. The van der Waals surface area contributed by atoms with Crippen molar-refractivity contribution in [2.24, 2.45) is 5.92 Å². The van der Waals surface area contributed by atoms with Gasteiger partial charge < -0.3 is 10.2 Å². The molecule has 4 heterocycles. The molecule has 38 heavy (non-hydrogen) atoms. The van der Waals surface area contributed by atoms with Crippen molar-refractivity contribution in [3.8, 4) is 0 Å². The van der Waals surface area contributed by atoms with Gasteiger partial charge in [0, 0.05) is 22.0 Å². The summed E-state index contributed by atoms with van der Waals surface area (Å²) in [6, 6.07) is 24.1. The molecule has 3 aromatic carbocycles. The zero-order chi connectivity index (χ0) is 26.0. The van der Waals surface area contributed by atoms with E-state index < -0.39 is 23.4 Å². The Morgan fingerprint density at radius 3 is 2.45 bits per heavy atom. The molecule has 7 heteroatoms. The summed E-state index contributed by atoms with van der Waals surface area (Å²) in [7, 11) is 0. The molecule has 1 saturated heterocycles. The SMILES string of the molecule is O=C(c1cccs1)[C@@H]1[C@@H](C(=O)c2ccc(Cl)cc2)[C@]2(C(=O)Nc3ccccc32)[C@H]2C=Cc3ccccc3N12. The normalized spacial score (nSPS) is 24.6. The molecule has 1 spiro atoms. The van der Waals surface area contributed by atoms with Crippen LogP contribution in [0.2, 0.25) is 5.02 Å². The first-order valence-corrected chi connectivity index (χ1v) is 13.6. The second-order valence-electron chi connectivity index (χ2n) is 9.77. The van der Waals surface area contributed by atoms with Gasteiger partial charge in [0.2, 0.25) is 5.91 Å². The van der Waals surface area contributed by atoms with Gasteiger partial charge in [-0.3, -0.25) is 14.4 Å². The molecule has 3 aliphatic heterocycles. The highest BCUT2D eigenvalue weighted by Gasteiger charge is 2.70. The van der Waals surface area contributed by atoms with Crippen molar-refractivity contribution in [3.63, 3.8) is 0 Å². The Morgan fingerprint density at radius 1 is 0.895 bits per heavy atom. The fourth-order valence-corrected chi connectivity index (χ4v) is 7.30. The average molecular weight is 537 g/mol.